The lowest BCUT2D eigenvalue weighted by atomic mass is 9.71. The summed E-state index contributed by atoms with van der Waals surface area (Å²) in [6.45, 7) is 2.22. The highest BCUT2D eigenvalue weighted by Gasteiger charge is 2.32. The fraction of sp³-hybridized carbons (Fsp3) is 0.611. The summed E-state index contributed by atoms with van der Waals surface area (Å²) in [4.78, 5) is 12.1. The molecule has 1 amide bonds. The van der Waals surface area contributed by atoms with Gasteiger partial charge in [-0.25, -0.2) is 0 Å². The van der Waals surface area contributed by atoms with Gasteiger partial charge in [-0.05, 0) is 43.4 Å². The van der Waals surface area contributed by atoms with Gasteiger partial charge >= 0.3 is 0 Å². The Bertz CT molecular complexity index is 451. The zero-order chi connectivity index (χ0) is 15.7. The number of halogens is 2. The van der Waals surface area contributed by atoms with Crippen LogP contribution in [0.1, 0.15) is 44.9 Å². The first-order valence-electron chi connectivity index (χ1n) is 8.50. The van der Waals surface area contributed by atoms with Crippen LogP contribution in [-0.2, 0) is 4.79 Å². The van der Waals surface area contributed by atoms with E-state index in [0.29, 0.717) is 13.0 Å². The van der Waals surface area contributed by atoms with E-state index in [1.54, 1.807) is 0 Å². The van der Waals surface area contributed by atoms with Gasteiger partial charge in [0.25, 0.3) is 0 Å². The molecule has 4 nitrogen and oxygen atoms in total. The third-order valence-electron chi connectivity index (χ3n) is 4.66. The van der Waals surface area contributed by atoms with Gasteiger partial charge in [-0.2, -0.15) is 0 Å². The Balaban J connectivity index is 0.00000264. The molecule has 0 saturated heterocycles. The molecule has 138 valence electrons. The minimum absolute atomic E-state index is 0. The lowest BCUT2D eigenvalue weighted by Crippen LogP contribution is -2.39. The number of nitrogens with one attached hydrogen (secondary N) is 2. The molecular weight excluding hydrogens is 345 g/mol. The highest BCUT2D eigenvalue weighted by molar-refractivity contribution is 5.85. The predicted molar refractivity (Wildman–Crippen MR) is 106 cm³/mol. The Morgan fingerprint density at radius 2 is 1.71 bits per heavy atom. The van der Waals surface area contributed by atoms with Crippen LogP contribution in [0.2, 0.25) is 0 Å². The summed E-state index contributed by atoms with van der Waals surface area (Å²) in [5.74, 6) is 0.159. The SMILES string of the molecule is Cl.Cl.NCC1(CC(=O)NCCCNc2ccccc2)CCCCC1. The van der Waals surface area contributed by atoms with Crippen LogP contribution >= 0.6 is 24.8 Å². The summed E-state index contributed by atoms with van der Waals surface area (Å²) in [7, 11) is 0. The van der Waals surface area contributed by atoms with Gasteiger partial charge in [0.1, 0.15) is 0 Å². The number of benzene rings is 1. The zero-order valence-electron chi connectivity index (χ0n) is 14.3. The Hall–Kier alpha value is -0.970. The van der Waals surface area contributed by atoms with Crippen LogP contribution in [0.5, 0.6) is 0 Å². The summed E-state index contributed by atoms with van der Waals surface area (Å²) in [6, 6.07) is 10.1. The zero-order valence-corrected chi connectivity index (χ0v) is 15.9. The van der Waals surface area contributed by atoms with Crippen molar-refractivity contribution in [2.75, 3.05) is 25.0 Å². The first kappa shape index (κ1) is 23.0. The molecule has 1 aliphatic rings. The van der Waals surface area contributed by atoms with E-state index in [9.17, 15) is 4.79 Å². The molecule has 6 heteroatoms. The van der Waals surface area contributed by atoms with Crippen molar-refractivity contribution in [1.82, 2.24) is 5.32 Å². The van der Waals surface area contributed by atoms with Crippen LogP contribution in [0.15, 0.2) is 30.3 Å². The number of hydrogen-bond acceptors (Lipinski definition) is 3. The van der Waals surface area contributed by atoms with Gasteiger partial charge in [-0.1, -0.05) is 37.5 Å². The summed E-state index contributed by atoms with van der Waals surface area (Å²) in [6.07, 6.45) is 7.44. The second-order valence-corrected chi connectivity index (χ2v) is 6.44. The minimum Gasteiger partial charge on any atom is -0.385 e. The van der Waals surface area contributed by atoms with Gasteiger partial charge in [-0.15, -0.1) is 24.8 Å². The molecule has 24 heavy (non-hydrogen) atoms. The summed E-state index contributed by atoms with van der Waals surface area (Å²) in [5, 5.41) is 6.39. The largest absolute Gasteiger partial charge is 0.385 e. The molecule has 4 N–H and O–H groups in total. The Kier molecular flexibility index (Phi) is 11.9. The average Bonchev–Trinajstić information content (AvgIpc) is 2.56. The number of rotatable bonds is 8. The fourth-order valence-corrected chi connectivity index (χ4v) is 3.26. The topological polar surface area (TPSA) is 67.2 Å². The third-order valence-corrected chi connectivity index (χ3v) is 4.66. The number of hydrogen-bond donors (Lipinski definition) is 3. The normalized spacial score (nSPS) is 15.5. The van der Waals surface area contributed by atoms with E-state index in [1.807, 2.05) is 30.3 Å². The van der Waals surface area contributed by atoms with Gasteiger partial charge < -0.3 is 16.4 Å². The van der Waals surface area contributed by atoms with Crippen LogP contribution in [0.25, 0.3) is 0 Å². The van der Waals surface area contributed by atoms with Crippen molar-refractivity contribution in [1.29, 1.82) is 0 Å². The van der Waals surface area contributed by atoms with Crippen LogP contribution in [0.3, 0.4) is 0 Å². The van der Waals surface area contributed by atoms with E-state index in [2.05, 4.69) is 10.6 Å². The van der Waals surface area contributed by atoms with Crippen LogP contribution in [0.4, 0.5) is 5.69 Å². The molecule has 1 aromatic carbocycles. The van der Waals surface area contributed by atoms with Crippen molar-refractivity contribution in [2.24, 2.45) is 11.1 Å². The highest BCUT2D eigenvalue weighted by Crippen LogP contribution is 2.38. The fourth-order valence-electron chi connectivity index (χ4n) is 3.26. The highest BCUT2D eigenvalue weighted by atomic mass is 35.5. The molecule has 0 unspecified atom stereocenters. The number of anilines is 1. The molecule has 1 saturated carbocycles. The standard InChI is InChI=1S/C18H29N3O.2ClH/c19-15-18(10-5-2-6-11-18)14-17(22)21-13-7-12-20-16-8-3-1-4-9-16;;/h1,3-4,8-9,20H,2,5-7,10-15,19H2,(H,21,22);2*1H. The van der Waals surface area contributed by atoms with E-state index in [1.165, 1.54) is 19.3 Å². The lowest BCUT2D eigenvalue weighted by molar-refractivity contribution is -0.123. The van der Waals surface area contributed by atoms with Crippen molar-refractivity contribution in [3.63, 3.8) is 0 Å². The smallest absolute Gasteiger partial charge is 0.220 e. The summed E-state index contributed by atoms with van der Waals surface area (Å²) in [5.41, 5.74) is 7.12. The molecule has 2 rings (SSSR count). The van der Waals surface area contributed by atoms with Crippen LogP contribution < -0.4 is 16.4 Å². The van der Waals surface area contributed by atoms with Crippen molar-refractivity contribution >= 4 is 36.4 Å². The van der Waals surface area contributed by atoms with Crippen molar-refractivity contribution in [3.8, 4) is 0 Å². The maximum atomic E-state index is 12.1. The van der Waals surface area contributed by atoms with Gasteiger partial charge in [0.2, 0.25) is 5.91 Å². The monoisotopic (exact) mass is 375 g/mol. The van der Waals surface area contributed by atoms with Gasteiger partial charge in [0.15, 0.2) is 0 Å². The second-order valence-electron chi connectivity index (χ2n) is 6.44. The predicted octanol–water partition coefficient (Wildman–Crippen LogP) is 3.75. The molecule has 1 fully saturated rings. The second kappa shape index (κ2) is 12.4. The molecule has 0 atom stereocenters. The number of nitrogens with two attached hydrogens (primary N) is 1. The number of para-hydroxylation sites is 1. The first-order chi connectivity index (χ1) is 10.7. The molecular formula is C18H31Cl2N3O. The molecule has 0 heterocycles. The summed E-state index contributed by atoms with van der Waals surface area (Å²) < 4.78 is 0. The number of carbonyl (C=O) groups excluding carboxylic acids is 1. The van der Waals surface area contributed by atoms with E-state index >= 15 is 0 Å². The molecule has 1 aromatic rings. The summed E-state index contributed by atoms with van der Waals surface area (Å²) >= 11 is 0. The lowest BCUT2D eigenvalue weighted by Gasteiger charge is -2.35. The Morgan fingerprint density at radius 3 is 2.33 bits per heavy atom. The maximum Gasteiger partial charge on any atom is 0.220 e. The first-order valence-corrected chi connectivity index (χ1v) is 8.50. The number of amides is 1. The van der Waals surface area contributed by atoms with Crippen molar-refractivity contribution < 1.29 is 4.79 Å². The van der Waals surface area contributed by atoms with E-state index in [-0.39, 0.29) is 36.1 Å². The molecule has 0 spiro atoms. The average molecular weight is 376 g/mol. The Labute approximate surface area is 158 Å². The van der Waals surface area contributed by atoms with Crippen LogP contribution in [-0.4, -0.2) is 25.5 Å². The molecule has 0 aliphatic heterocycles. The van der Waals surface area contributed by atoms with Crippen molar-refractivity contribution in [2.45, 2.75) is 44.9 Å². The van der Waals surface area contributed by atoms with Gasteiger partial charge in [0.05, 0.1) is 0 Å². The maximum absolute atomic E-state index is 12.1. The molecule has 0 bridgehead atoms. The minimum atomic E-state index is 0. The van der Waals surface area contributed by atoms with E-state index in [4.69, 9.17) is 5.73 Å². The van der Waals surface area contributed by atoms with Gasteiger partial charge in [-0.3, -0.25) is 4.79 Å². The molecule has 0 aromatic heterocycles. The van der Waals surface area contributed by atoms with Crippen molar-refractivity contribution in [3.05, 3.63) is 30.3 Å². The quantitative estimate of drug-likeness (QED) is 0.606. The number of carbonyl (C=O) groups is 1. The third kappa shape index (κ3) is 7.73. The van der Waals surface area contributed by atoms with E-state index < -0.39 is 0 Å². The molecule has 0 radical (unpaired) electrons. The van der Waals surface area contributed by atoms with Crippen LogP contribution in [0, 0.1) is 5.41 Å². The molecule has 1 aliphatic carbocycles. The Morgan fingerprint density at radius 1 is 1.04 bits per heavy atom. The van der Waals surface area contributed by atoms with E-state index in [0.717, 1.165) is 38.0 Å². The van der Waals surface area contributed by atoms with Gasteiger partial charge in [0, 0.05) is 25.2 Å².